The molecule has 0 fully saturated rings. The first-order chi connectivity index (χ1) is 9.58. The van der Waals surface area contributed by atoms with Crippen LogP contribution in [0.1, 0.15) is 24.5 Å². The fourth-order valence-corrected chi connectivity index (χ4v) is 3.03. The lowest BCUT2D eigenvalue weighted by Gasteiger charge is -2.29. The van der Waals surface area contributed by atoms with Gasteiger partial charge in [0, 0.05) is 12.0 Å². The van der Waals surface area contributed by atoms with Gasteiger partial charge in [0.25, 0.3) is 0 Å². The van der Waals surface area contributed by atoms with Crippen LogP contribution in [0.5, 0.6) is 5.75 Å². The fraction of sp³-hybridized carbons (Fsp3) is 0.235. The van der Waals surface area contributed by atoms with Gasteiger partial charge in [0.1, 0.15) is 11.5 Å². The topological polar surface area (TPSA) is 57.5 Å². The van der Waals surface area contributed by atoms with E-state index < -0.39 is 6.10 Å². The number of carbonyl (C=O) groups excluding carboxylic acids is 1. The molecule has 1 unspecified atom stereocenters. The van der Waals surface area contributed by atoms with Gasteiger partial charge in [-0.25, -0.2) is 0 Å². The average molecular weight is 268 g/mol. The molecule has 0 radical (unpaired) electrons. The van der Waals surface area contributed by atoms with E-state index in [1.54, 1.807) is 18.2 Å². The van der Waals surface area contributed by atoms with Crippen LogP contribution in [0.25, 0.3) is 5.57 Å². The molecule has 20 heavy (non-hydrogen) atoms. The lowest BCUT2D eigenvalue weighted by atomic mass is 9.76. The number of ketones is 1. The van der Waals surface area contributed by atoms with E-state index in [9.17, 15) is 15.0 Å². The monoisotopic (exact) mass is 268 g/mol. The third-order valence-corrected chi connectivity index (χ3v) is 3.79. The molecular weight excluding hydrogens is 252 g/mol. The van der Waals surface area contributed by atoms with Crippen molar-refractivity contribution in [2.75, 3.05) is 0 Å². The quantitative estimate of drug-likeness (QED) is 0.866. The number of hydrogen-bond donors (Lipinski definition) is 2. The van der Waals surface area contributed by atoms with Gasteiger partial charge in [-0.15, -0.1) is 0 Å². The maximum atomic E-state index is 11.6. The number of Topliss-reactive ketones (excluding diaryl/α,β-unsaturated/α-hetero) is 1. The Morgan fingerprint density at radius 1 is 1.40 bits per heavy atom. The Morgan fingerprint density at radius 2 is 2.20 bits per heavy atom. The number of aliphatic hydroxyl groups excluding tert-OH is 1. The van der Waals surface area contributed by atoms with Crippen LogP contribution < -0.4 is 0 Å². The number of benzene rings is 1. The zero-order valence-corrected chi connectivity index (χ0v) is 11.3. The molecule has 2 aliphatic rings. The molecule has 102 valence electrons. The molecule has 3 nitrogen and oxygen atoms in total. The highest BCUT2D eigenvalue weighted by Gasteiger charge is 2.29. The van der Waals surface area contributed by atoms with Crippen LogP contribution in [-0.4, -0.2) is 22.1 Å². The van der Waals surface area contributed by atoms with Crippen molar-refractivity contribution in [3.05, 3.63) is 58.7 Å². The molecule has 0 heterocycles. The molecule has 3 heteroatoms. The minimum absolute atomic E-state index is 0.0182. The highest BCUT2D eigenvalue weighted by Crippen LogP contribution is 2.43. The number of aromatic hydroxyl groups is 1. The smallest absolute Gasteiger partial charge is 0.134 e. The Morgan fingerprint density at radius 3 is 2.95 bits per heavy atom. The van der Waals surface area contributed by atoms with E-state index in [1.165, 1.54) is 6.92 Å². The van der Waals surface area contributed by atoms with Crippen LogP contribution >= 0.6 is 0 Å². The molecule has 0 aromatic heterocycles. The highest BCUT2D eigenvalue weighted by molar-refractivity contribution is 5.94. The Labute approximate surface area is 117 Å². The van der Waals surface area contributed by atoms with Gasteiger partial charge >= 0.3 is 0 Å². The van der Waals surface area contributed by atoms with Crippen LogP contribution in [0.3, 0.4) is 0 Å². The molecule has 0 bridgehead atoms. The van der Waals surface area contributed by atoms with E-state index in [0.717, 1.165) is 22.3 Å². The molecule has 1 atom stereocenters. The van der Waals surface area contributed by atoms with Crippen molar-refractivity contribution in [1.29, 1.82) is 0 Å². The van der Waals surface area contributed by atoms with Gasteiger partial charge in [-0.3, -0.25) is 4.79 Å². The van der Waals surface area contributed by atoms with Crippen molar-refractivity contribution in [1.82, 2.24) is 0 Å². The summed E-state index contributed by atoms with van der Waals surface area (Å²) in [7, 11) is 0. The summed E-state index contributed by atoms with van der Waals surface area (Å²) in [6.07, 6.45) is 5.68. The Bertz CT molecular complexity index is 677. The molecule has 0 saturated heterocycles. The van der Waals surface area contributed by atoms with Crippen LogP contribution in [0, 0.1) is 0 Å². The van der Waals surface area contributed by atoms with Crippen LogP contribution in [0.15, 0.2) is 47.6 Å². The van der Waals surface area contributed by atoms with Crippen molar-refractivity contribution in [2.24, 2.45) is 0 Å². The summed E-state index contributed by atoms with van der Waals surface area (Å²) >= 11 is 0. The fourth-order valence-electron chi connectivity index (χ4n) is 3.03. The van der Waals surface area contributed by atoms with Crippen molar-refractivity contribution in [3.63, 3.8) is 0 Å². The summed E-state index contributed by atoms with van der Waals surface area (Å²) in [5, 5.41) is 20.4. The van der Waals surface area contributed by atoms with E-state index in [4.69, 9.17) is 0 Å². The predicted molar refractivity (Wildman–Crippen MR) is 77.3 cm³/mol. The van der Waals surface area contributed by atoms with Crippen molar-refractivity contribution in [3.8, 4) is 5.75 Å². The third-order valence-electron chi connectivity index (χ3n) is 3.79. The van der Waals surface area contributed by atoms with E-state index >= 15 is 0 Å². The van der Waals surface area contributed by atoms with Gasteiger partial charge in [-0.1, -0.05) is 30.4 Å². The molecule has 2 aliphatic carbocycles. The molecule has 0 spiro atoms. The second kappa shape index (κ2) is 4.76. The van der Waals surface area contributed by atoms with Crippen LogP contribution in [0.2, 0.25) is 0 Å². The Balaban J connectivity index is 2.27. The molecule has 3 rings (SSSR count). The molecule has 2 N–H and O–H groups in total. The summed E-state index contributed by atoms with van der Waals surface area (Å²) < 4.78 is 0. The van der Waals surface area contributed by atoms with Crippen LogP contribution in [-0.2, 0) is 11.2 Å². The standard InChI is InChI=1S/C17H16O3/c1-10(18)8-13-16-11(4-2-6-14(16)19)9-12-5-3-7-15(20)17(12)13/h2-7,14,19-20H,8-9H2,1H3. The van der Waals surface area contributed by atoms with Gasteiger partial charge in [-0.2, -0.15) is 0 Å². The molecular formula is C17H16O3. The summed E-state index contributed by atoms with van der Waals surface area (Å²) in [4.78, 5) is 11.6. The number of fused-ring (bicyclic) bond motifs is 2. The first-order valence-corrected chi connectivity index (χ1v) is 6.67. The maximum Gasteiger partial charge on any atom is 0.134 e. The summed E-state index contributed by atoms with van der Waals surface area (Å²) in [6.45, 7) is 1.52. The number of hydrogen-bond acceptors (Lipinski definition) is 3. The van der Waals surface area contributed by atoms with Gasteiger partial charge in [-0.05, 0) is 41.7 Å². The van der Waals surface area contributed by atoms with E-state index in [2.05, 4.69) is 0 Å². The van der Waals surface area contributed by atoms with Crippen molar-refractivity contribution >= 4 is 11.4 Å². The second-order valence-electron chi connectivity index (χ2n) is 5.28. The number of aliphatic hydroxyl groups is 1. The maximum absolute atomic E-state index is 11.6. The zero-order chi connectivity index (χ0) is 14.3. The molecule has 0 saturated carbocycles. The average Bonchev–Trinajstić information content (AvgIpc) is 2.37. The van der Waals surface area contributed by atoms with E-state index in [1.807, 2.05) is 18.2 Å². The molecule has 0 amide bonds. The number of rotatable bonds is 2. The lowest BCUT2D eigenvalue weighted by molar-refractivity contribution is -0.116. The first kappa shape index (κ1) is 12.9. The molecule has 1 aromatic rings. The number of phenolic OH excluding ortho intramolecular Hbond substituents is 1. The first-order valence-electron chi connectivity index (χ1n) is 6.67. The number of carbonyl (C=O) groups is 1. The van der Waals surface area contributed by atoms with Gasteiger partial charge in [0.2, 0.25) is 0 Å². The zero-order valence-electron chi connectivity index (χ0n) is 11.3. The van der Waals surface area contributed by atoms with Crippen molar-refractivity contribution in [2.45, 2.75) is 25.9 Å². The van der Waals surface area contributed by atoms with E-state index in [-0.39, 0.29) is 18.0 Å². The predicted octanol–water partition coefficient (Wildman–Crippen LogP) is 2.54. The lowest BCUT2D eigenvalue weighted by Crippen LogP contribution is -2.20. The van der Waals surface area contributed by atoms with Gasteiger partial charge < -0.3 is 10.2 Å². The largest absolute Gasteiger partial charge is 0.507 e. The highest BCUT2D eigenvalue weighted by atomic mass is 16.3. The number of phenols is 1. The summed E-state index contributed by atoms with van der Waals surface area (Å²) in [6, 6.07) is 5.39. The molecule has 0 aliphatic heterocycles. The number of allylic oxidation sites excluding steroid dienone is 3. The Kier molecular flexibility index (Phi) is 3.07. The van der Waals surface area contributed by atoms with Gasteiger partial charge in [0.15, 0.2) is 0 Å². The normalized spacial score (nSPS) is 20.3. The van der Waals surface area contributed by atoms with Crippen molar-refractivity contribution < 1.29 is 15.0 Å². The third kappa shape index (κ3) is 2.00. The van der Waals surface area contributed by atoms with Crippen LogP contribution in [0.4, 0.5) is 0 Å². The summed E-state index contributed by atoms with van der Waals surface area (Å²) in [5.74, 6) is 0.191. The molecule has 1 aromatic carbocycles. The Hall–Kier alpha value is -2.13. The minimum Gasteiger partial charge on any atom is -0.507 e. The summed E-state index contributed by atoms with van der Waals surface area (Å²) in [5.41, 5.74) is 4.26. The SMILES string of the molecule is CC(=O)CC1=C2C(=CC=CC2O)Cc2cccc(O)c21. The minimum atomic E-state index is -0.711. The second-order valence-corrected chi connectivity index (χ2v) is 5.28. The van der Waals surface area contributed by atoms with Gasteiger partial charge in [0.05, 0.1) is 6.10 Å². The van der Waals surface area contributed by atoms with E-state index in [0.29, 0.717) is 12.0 Å².